The van der Waals surface area contributed by atoms with Crippen LogP contribution in [-0.2, 0) is 11.2 Å². The van der Waals surface area contributed by atoms with E-state index >= 15 is 0 Å². The van der Waals surface area contributed by atoms with Gasteiger partial charge in [-0.2, -0.15) is 0 Å². The average Bonchev–Trinajstić information content (AvgIpc) is 3.10. The van der Waals surface area contributed by atoms with Crippen LogP contribution in [0.5, 0.6) is 0 Å². The first-order chi connectivity index (χ1) is 12.1. The van der Waals surface area contributed by atoms with E-state index in [1.807, 2.05) is 24.3 Å². The van der Waals surface area contributed by atoms with Crippen LogP contribution in [0.3, 0.4) is 0 Å². The number of hydrogen-bond donors (Lipinski definition) is 1. The minimum atomic E-state index is -0.332. The van der Waals surface area contributed by atoms with Crippen LogP contribution in [0.4, 0.5) is 10.1 Å². The highest BCUT2D eigenvalue weighted by molar-refractivity contribution is 7.99. The van der Waals surface area contributed by atoms with E-state index in [0.29, 0.717) is 5.56 Å². The third-order valence-corrected chi connectivity index (χ3v) is 4.29. The number of nitrogens with one attached hydrogen (secondary N) is 1. The Bertz CT molecular complexity index is 848. The maximum atomic E-state index is 12.9. The molecule has 0 unspecified atom stereocenters. The number of aryl methyl sites for hydroxylation is 1. The monoisotopic (exact) mass is 357 g/mol. The van der Waals surface area contributed by atoms with Crippen LogP contribution in [0.25, 0.3) is 11.5 Å². The summed E-state index contributed by atoms with van der Waals surface area (Å²) in [6, 6.07) is 13.5. The Morgan fingerprint density at radius 3 is 2.52 bits per heavy atom. The van der Waals surface area contributed by atoms with Crippen LogP contribution >= 0.6 is 11.8 Å². The van der Waals surface area contributed by atoms with Gasteiger partial charge in [0.25, 0.3) is 5.22 Å². The second kappa shape index (κ2) is 7.94. The van der Waals surface area contributed by atoms with E-state index in [4.69, 9.17) is 4.42 Å². The van der Waals surface area contributed by atoms with Gasteiger partial charge in [0.15, 0.2) is 0 Å². The fourth-order valence-corrected chi connectivity index (χ4v) is 2.69. The number of carbonyl (C=O) groups is 1. The summed E-state index contributed by atoms with van der Waals surface area (Å²) in [5.74, 6) is -0.0454. The molecular weight excluding hydrogens is 341 g/mol. The molecule has 0 aliphatic carbocycles. The zero-order valence-electron chi connectivity index (χ0n) is 13.5. The van der Waals surface area contributed by atoms with Crippen molar-refractivity contribution >= 4 is 23.4 Å². The van der Waals surface area contributed by atoms with Crippen LogP contribution in [0, 0.1) is 5.82 Å². The maximum Gasteiger partial charge on any atom is 0.277 e. The van der Waals surface area contributed by atoms with Gasteiger partial charge in [-0.15, -0.1) is 10.2 Å². The molecule has 7 heteroatoms. The van der Waals surface area contributed by atoms with Crippen molar-refractivity contribution in [1.29, 1.82) is 0 Å². The first-order valence-corrected chi connectivity index (χ1v) is 8.73. The fourth-order valence-electron chi connectivity index (χ4n) is 2.13. The summed E-state index contributed by atoms with van der Waals surface area (Å²) in [4.78, 5) is 12.0. The Morgan fingerprint density at radius 2 is 1.84 bits per heavy atom. The lowest BCUT2D eigenvalue weighted by molar-refractivity contribution is -0.113. The fraction of sp³-hybridized carbons (Fsp3) is 0.167. The zero-order chi connectivity index (χ0) is 17.6. The van der Waals surface area contributed by atoms with Crippen molar-refractivity contribution < 1.29 is 13.6 Å². The van der Waals surface area contributed by atoms with Gasteiger partial charge in [0.1, 0.15) is 5.82 Å². The van der Waals surface area contributed by atoms with Gasteiger partial charge in [-0.1, -0.05) is 30.8 Å². The van der Waals surface area contributed by atoms with Crippen molar-refractivity contribution in [1.82, 2.24) is 10.2 Å². The molecule has 128 valence electrons. The number of rotatable bonds is 6. The highest BCUT2D eigenvalue weighted by atomic mass is 32.2. The predicted molar refractivity (Wildman–Crippen MR) is 94.9 cm³/mol. The smallest absolute Gasteiger partial charge is 0.277 e. The Morgan fingerprint density at radius 1 is 1.12 bits per heavy atom. The van der Waals surface area contributed by atoms with Crippen LogP contribution < -0.4 is 5.32 Å². The third-order valence-electron chi connectivity index (χ3n) is 3.47. The minimum Gasteiger partial charge on any atom is -0.411 e. The Balaban J connectivity index is 1.54. The van der Waals surface area contributed by atoms with Gasteiger partial charge in [0.2, 0.25) is 11.8 Å². The molecule has 0 aliphatic rings. The average molecular weight is 357 g/mol. The summed E-state index contributed by atoms with van der Waals surface area (Å²) >= 11 is 1.15. The summed E-state index contributed by atoms with van der Waals surface area (Å²) in [6.07, 6.45) is 0.956. The molecule has 3 rings (SSSR count). The number of aromatic nitrogens is 2. The summed E-state index contributed by atoms with van der Waals surface area (Å²) in [7, 11) is 0. The first-order valence-electron chi connectivity index (χ1n) is 7.75. The number of nitrogens with zero attached hydrogens (tertiary/aromatic N) is 2. The number of anilines is 1. The molecular formula is C18H16FN3O2S. The Labute approximate surface area is 148 Å². The number of carbonyl (C=O) groups excluding carboxylic acids is 1. The van der Waals surface area contributed by atoms with E-state index < -0.39 is 0 Å². The minimum absolute atomic E-state index is 0.153. The molecule has 1 heterocycles. The van der Waals surface area contributed by atoms with E-state index in [0.717, 1.165) is 23.9 Å². The second-order valence-corrected chi connectivity index (χ2v) is 6.19. The van der Waals surface area contributed by atoms with Crippen LogP contribution in [-0.4, -0.2) is 21.9 Å². The van der Waals surface area contributed by atoms with Gasteiger partial charge in [0, 0.05) is 11.3 Å². The van der Waals surface area contributed by atoms with Crippen molar-refractivity contribution in [3.63, 3.8) is 0 Å². The molecule has 0 fully saturated rings. The zero-order valence-corrected chi connectivity index (χ0v) is 14.3. The molecule has 5 nitrogen and oxygen atoms in total. The number of halogens is 1. The van der Waals surface area contributed by atoms with Gasteiger partial charge < -0.3 is 9.73 Å². The first kappa shape index (κ1) is 17.2. The molecule has 25 heavy (non-hydrogen) atoms. The molecule has 0 atom stereocenters. The largest absolute Gasteiger partial charge is 0.411 e. The molecule has 2 aromatic carbocycles. The van der Waals surface area contributed by atoms with E-state index in [9.17, 15) is 9.18 Å². The molecule has 0 aliphatic heterocycles. The molecule has 1 aromatic heterocycles. The number of benzene rings is 2. The quantitative estimate of drug-likeness (QED) is 0.671. The molecule has 1 N–H and O–H groups in total. The maximum absolute atomic E-state index is 12.9. The normalized spacial score (nSPS) is 10.6. The summed E-state index contributed by atoms with van der Waals surface area (Å²) in [6.45, 7) is 2.08. The number of hydrogen-bond acceptors (Lipinski definition) is 5. The van der Waals surface area contributed by atoms with Gasteiger partial charge in [0.05, 0.1) is 5.75 Å². The lowest BCUT2D eigenvalue weighted by Crippen LogP contribution is -2.13. The van der Waals surface area contributed by atoms with Crippen LogP contribution in [0.1, 0.15) is 12.5 Å². The molecule has 1 amide bonds. The molecule has 0 saturated carbocycles. The molecule has 0 radical (unpaired) electrons. The summed E-state index contributed by atoms with van der Waals surface area (Å²) in [5.41, 5.74) is 2.59. The van der Waals surface area contributed by atoms with Crippen molar-refractivity contribution in [2.75, 3.05) is 11.1 Å². The van der Waals surface area contributed by atoms with Crippen molar-refractivity contribution in [3.8, 4) is 11.5 Å². The summed E-state index contributed by atoms with van der Waals surface area (Å²) in [5, 5.41) is 10.9. The van der Waals surface area contributed by atoms with E-state index in [2.05, 4.69) is 22.4 Å². The topological polar surface area (TPSA) is 68.0 Å². The highest BCUT2D eigenvalue weighted by Gasteiger charge is 2.11. The number of thioether (sulfide) groups is 1. The highest BCUT2D eigenvalue weighted by Crippen LogP contribution is 2.23. The van der Waals surface area contributed by atoms with Crippen molar-refractivity contribution in [2.24, 2.45) is 0 Å². The van der Waals surface area contributed by atoms with E-state index in [1.54, 1.807) is 12.1 Å². The van der Waals surface area contributed by atoms with E-state index in [-0.39, 0.29) is 28.6 Å². The SMILES string of the molecule is CCc1ccc(NC(=O)CSc2nnc(-c3ccc(F)cc3)o2)cc1. The summed E-state index contributed by atoms with van der Waals surface area (Å²) < 4.78 is 18.4. The lowest BCUT2D eigenvalue weighted by Gasteiger charge is -2.04. The van der Waals surface area contributed by atoms with Gasteiger partial charge in [-0.05, 0) is 48.4 Å². The van der Waals surface area contributed by atoms with Gasteiger partial charge in [-0.3, -0.25) is 4.79 Å². The van der Waals surface area contributed by atoms with Gasteiger partial charge >= 0.3 is 0 Å². The van der Waals surface area contributed by atoms with Crippen molar-refractivity contribution in [2.45, 2.75) is 18.6 Å². The van der Waals surface area contributed by atoms with Crippen LogP contribution in [0.2, 0.25) is 0 Å². The standard InChI is InChI=1S/C18H16FN3O2S/c1-2-12-3-9-15(10-4-12)20-16(23)11-25-18-22-21-17(24-18)13-5-7-14(19)8-6-13/h3-10H,2,11H2,1H3,(H,20,23). The third kappa shape index (κ3) is 4.67. The molecule has 0 saturated heterocycles. The van der Waals surface area contributed by atoms with Crippen molar-refractivity contribution in [3.05, 3.63) is 59.9 Å². The molecule has 0 spiro atoms. The second-order valence-electron chi connectivity index (χ2n) is 5.27. The lowest BCUT2D eigenvalue weighted by atomic mass is 10.1. The Hall–Kier alpha value is -2.67. The Kier molecular flexibility index (Phi) is 5.45. The van der Waals surface area contributed by atoms with E-state index in [1.165, 1.54) is 17.7 Å². The predicted octanol–water partition coefficient (Wildman–Crippen LogP) is 4.17. The molecule has 3 aromatic rings. The number of amides is 1. The van der Waals surface area contributed by atoms with Crippen LogP contribution in [0.15, 0.2) is 58.2 Å². The molecule has 0 bridgehead atoms. The van der Waals surface area contributed by atoms with Gasteiger partial charge in [-0.25, -0.2) is 4.39 Å².